The van der Waals surface area contributed by atoms with Gasteiger partial charge in [0.25, 0.3) is 5.91 Å². The Balaban J connectivity index is 2.06. The molecule has 2 aromatic rings. The maximum Gasteiger partial charge on any atom is 0.289 e. The standard InChI is InChI=1S/C13H12ClNO2/c1-15(9-10-5-3-2-4-6-10)13(16)11-7-8-12(14)17-11/h2-8H,9H2,1H3. The Bertz CT molecular complexity index is 507. The van der Waals surface area contributed by atoms with E-state index >= 15 is 0 Å². The molecule has 1 heterocycles. The molecule has 0 saturated heterocycles. The number of amides is 1. The fourth-order valence-corrected chi connectivity index (χ4v) is 1.69. The van der Waals surface area contributed by atoms with Gasteiger partial charge in [-0.25, -0.2) is 0 Å². The highest BCUT2D eigenvalue weighted by atomic mass is 35.5. The highest BCUT2D eigenvalue weighted by Gasteiger charge is 2.15. The van der Waals surface area contributed by atoms with Crippen molar-refractivity contribution in [3.63, 3.8) is 0 Å². The van der Waals surface area contributed by atoms with Gasteiger partial charge in [0.05, 0.1) is 0 Å². The molecule has 0 unspecified atom stereocenters. The van der Waals surface area contributed by atoms with Crippen molar-refractivity contribution in [3.05, 3.63) is 59.0 Å². The average molecular weight is 250 g/mol. The zero-order valence-electron chi connectivity index (χ0n) is 9.39. The average Bonchev–Trinajstić information content (AvgIpc) is 2.76. The van der Waals surface area contributed by atoms with Gasteiger partial charge in [-0.2, -0.15) is 0 Å². The molecule has 17 heavy (non-hydrogen) atoms. The van der Waals surface area contributed by atoms with Crippen LogP contribution >= 0.6 is 11.6 Å². The van der Waals surface area contributed by atoms with Gasteiger partial charge in [-0.05, 0) is 29.3 Å². The lowest BCUT2D eigenvalue weighted by Crippen LogP contribution is -2.25. The number of hydrogen-bond acceptors (Lipinski definition) is 2. The Kier molecular flexibility index (Phi) is 3.49. The quantitative estimate of drug-likeness (QED) is 0.837. The Morgan fingerprint density at radius 3 is 2.53 bits per heavy atom. The third-order valence-electron chi connectivity index (χ3n) is 2.39. The number of furan rings is 1. The van der Waals surface area contributed by atoms with Crippen molar-refractivity contribution in [2.45, 2.75) is 6.54 Å². The first kappa shape index (κ1) is 11.7. The second-order valence-electron chi connectivity index (χ2n) is 3.75. The van der Waals surface area contributed by atoms with E-state index in [1.807, 2.05) is 30.3 Å². The predicted octanol–water partition coefficient (Wildman–Crippen LogP) is 3.21. The van der Waals surface area contributed by atoms with Crippen LogP contribution in [-0.4, -0.2) is 17.9 Å². The van der Waals surface area contributed by atoms with E-state index in [1.165, 1.54) is 0 Å². The van der Waals surface area contributed by atoms with Crippen molar-refractivity contribution < 1.29 is 9.21 Å². The summed E-state index contributed by atoms with van der Waals surface area (Å²) >= 11 is 5.63. The molecule has 3 nitrogen and oxygen atoms in total. The summed E-state index contributed by atoms with van der Waals surface area (Å²) in [5, 5.41) is 0.224. The van der Waals surface area contributed by atoms with Gasteiger partial charge in [-0.3, -0.25) is 4.79 Å². The summed E-state index contributed by atoms with van der Waals surface area (Å²) in [5.41, 5.74) is 1.07. The maximum absolute atomic E-state index is 11.9. The van der Waals surface area contributed by atoms with Crippen LogP contribution in [0, 0.1) is 0 Å². The zero-order valence-corrected chi connectivity index (χ0v) is 10.1. The SMILES string of the molecule is CN(Cc1ccccc1)C(=O)c1ccc(Cl)o1. The number of nitrogens with zero attached hydrogens (tertiary/aromatic N) is 1. The molecule has 1 amide bonds. The highest BCUT2D eigenvalue weighted by molar-refractivity contribution is 6.29. The van der Waals surface area contributed by atoms with Crippen LogP contribution in [0.2, 0.25) is 5.22 Å². The number of rotatable bonds is 3. The van der Waals surface area contributed by atoms with E-state index in [1.54, 1.807) is 24.1 Å². The fourth-order valence-electron chi connectivity index (χ4n) is 1.55. The van der Waals surface area contributed by atoms with Gasteiger partial charge in [0.1, 0.15) is 0 Å². The van der Waals surface area contributed by atoms with Crippen molar-refractivity contribution in [3.8, 4) is 0 Å². The van der Waals surface area contributed by atoms with Gasteiger partial charge in [0.15, 0.2) is 11.0 Å². The van der Waals surface area contributed by atoms with E-state index in [-0.39, 0.29) is 16.9 Å². The Labute approximate surface area is 105 Å². The van der Waals surface area contributed by atoms with E-state index in [9.17, 15) is 4.79 Å². The number of carbonyl (C=O) groups excluding carboxylic acids is 1. The normalized spacial score (nSPS) is 10.2. The second kappa shape index (κ2) is 5.06. The molecular weight excluding hydrogens is 238 g/mol. The largest absolute Gasteiger partial charge is 0.440 e. The molecule has 0 aliphatic heterocycles. The molecule has 0 aliphatic carbocycles. The molecule has 2 rings (SSSR count). The van der Waals surface area contributed by atoms with Gasteiger partial charge in [0, 0.05) is 13.6 Å². The summed E-state index contributed by atoms with van der Waals surface area (Å²) in [4.78, 5) is 13.5. The first-order chi connectivity index (χ1) is 8.16. The number of hydrogen-bond donors (Lipinski definition) is 0. The predicted molar refractivity (Wildman–Crippen MR) is 66.0 cm³/mol. The van der Waals surface area contributed by atoms with E-state index in [4.69, 9.17) is 16.0 Å². The minimum absolute atomic E-state index is 0.180. The smallest absolute Gasteiger partial charge is 0.289 e. The summed E-state index contributed by atoms with van der Waals surface area (Å²) < 4.78 is 5.08. The number of benzene rings is 1. The molecule has 0 atom stereocenters. The third-order valence-corrected chi connectivity index (χ3v) is 2.60. The van der Waals surface area contributed by atoms with Gasteiger partial charge >= 0.3 is 0 Å². The molecular formula is C13H12ClNO2. The Morgan fingerprint density at radius 1 is 1.24 bits per heavy atom. The molecule has 1 aromatic heterocycles. The summed E-state index contributed by atoms with van der Waals surface area (Å²) in [5.74, 6) is 0.0779. The summed E-state index contributed by atoms with van der Waals surface area (Å²) in [6, 6.07) is 12.9. The third kappa shape index (κ3) is 2.88. The lowest BCUT2D eigenvalue weighted by Gasteiger charge is -2.15. The van der Waals surface area contributed by atoms with Crippen LogP contribution in [0.5, 0.6) is 0 Å². The molecule has 0 saturated carbocycles. The minimum atomic E-state index is -0.180. The maximum atomic E-state index is 11.9. The van der Waals surface area contributed by atoms with Gasteiger partial charge < -0.3 is 9.32 Å². The van der Waals surface area contributed by atoms with Crippen molar-refractivity contribution in [2.24, 2.45) is 0 Å². The van der Waals surface area contributed by atoms with E-state index < -0.39 is 0 Å². The van der Waals surface area contributed by atoms with Crippen LogP contribution in [0.1, 0.15) is 16.1 Å². The highest BCUT2D eigenvalue weighted by Crippen LogP contribution is 2.15. The van der Waals surface area contributed by atoms with Gasteiger partial charge in [0.2, 0.25) is 0 Å². The van der Waals surface area contributed by atoms with Crippen molar-refractivity contribution >= 4 is 17.5 Å². The molecule has 4 heteroatoms. The molecule has 0 aliphatic rings. The molecule has 1 aromatic carbocycles. The summed E-state index contributed by atoms with van der Waals surface area (Å²) in [6.07, 6.45) is 0. The van der Waals surface area contributed by atoms with E-state index in [2.05, 4.69) is 0 Å². The molecule has 0 radical (unpaired) electrons. The number of carbonyl (C=O) groups is 1. The zero-order chi connectivity index (χ0) is 12.3. The van der Waals surface area contributed by atoms with E-state index in [0.717, 1.165) is 5.56 Å². The molecule has 0 N–H and O–H groups in total. The molecule has 88 valence electrons. The summed E-state index contributed by atoms with van der Waals surface area (Å²) in [6.45, 7) is 0.540. The Hall–Kier alpha value is -1.74. The minimum Gasteiger partial charge on any atom is -0.440 e. The topological polar surface area (TPSA) is 33.5 Å². The Morgan fingerprint density at radius 2 is 1.94 bits per heavy atom. The van der Waals surface area contributed by atoms with Crippen LogP contribution in [0.25, 0.3) is 0 Å². The summed E-state index contributed by atoms with van der Waals surface area (Å²) in [7, 11) is 1.73. The first-order valence-corrected chi connectivity index (χ1v) is 5.59. The van der Waals surface area contributed by atoms with Crippen molar-refractivity contribution in [1.82, 2.24) is 4.90 Å². The molecule has 0 fully saturated rings. The van der Waals surface area contributed by atoms with Crippen LogP contribution in [0.4, 0.5) is 0 Å². The monoisotopic (exact) mass is 249 g/mol. The fraction of sp³-hybridized carbons (Fsp3) is 0.154. The van der Waals surface area contributed by atoms with Crippen LogP contribution < -0.4 is 0 Å². The molecule has 0 bridgehead atoms. The van der Waals surface area contributed by atoms with Gasteiger partial charge in [-0.15, -0.1) is 0 Å². The van der Waals surface area contributed by atoms with Crippen molar-refractivity contribution in [2.75, 3.05) is 7.05 Å². The molecule has 0 spiro atoms. The van der Waals surface area contributed by atoms with Crippen LogP contribution in [0.15, 0.2) is 46.9 Å². The van der Waals surface area contributed by atoms with Crippen molar-refractivity contribution in [1.29, 1.82) is 0 Å². The lowest BCUT2D eigenvalue weighted by molar-refractivity contribution is 0.0753. The van der Waals surface area contributed by atoms with Gasteiger partial charge in [-0.1, -0.05) is 30.3 Å². The number of halogens is 1. The van der Waals surface area contributed by atoms with Crippen LogP contribution in [0.3, 0.4) is 0 Å². The lowest BCUT2D eigenvalue weighted by atomic mass is 10.2. The van der Waals surface area contributed by atoms with Crippen LogP contribution in [-0.2, 0) is 6.54 Å². The second-order valence-corrected chi connectivity index (χ2v) is 4.12. The first-order valence-electron chi connectivity index (χ1n) is 5.21. The van der Waals surface area contributed by atoms with E-state index in [0.29, 0.717) is 6.54 Å².